The number of alkyl halides is 1. The van der Waals surface area contributed by atoms with E-state index >= 15 is 0 Å². The number of halogens is 1. The first-order chi connectivity index (χ1) is 3.95. The van der Waals surface area contributed by atoms with Gasteiger partial charge in [-0.25, -0.2) is 0 Å². The van der Waals surface area contributed by atoms with Crippen LogP contribution >= 0.6 is 15.9 Å². The molecule has 0 spiro atoms. The van der Waals surface area contributed by atoms with E-state index in [2.05, 4.69) is 36.7 Å². The predicted octanol–water partition coefficient (Wildman–Crippen LogP) is 2.14. The Morgan fingerprint density at radius 2 is 1.89 bits per heavy atom. The number of hydrogen-bond acceptors (Lipinski definition) is 1. The Labute approximate surface area is 66.1 Å². The summed E-state index contributed by atoms with van der Waals surface area (Å²) in [5.74, 6) is 0. The zero-order valence-electron chi connectivity index (χ0n) is 6.45. The molecule has 56 valence electrons. The van der Waals surface area contributed by atoms with E-state index in [9.17, 15) is 0 Å². The summed E-state index contributed by atoms with van der Waals surface area (Å²) in [4.78, 5) is 0.484. The lowest BCUT2D eigenvalue weighted by molar-refractivity contribution is 0.376. The van der Waals surface area contributed by atoms with Crippen molar-refractivity contribution in [2.75, 3.05) is 6.54 Å². The third-order valence-corrected chi connectivity index (χ3v) is 1.79. The second kappa shape index (κ2) is 3.57. The van der Waals surface area contributed by atoms with E-state index < -0.39 is 0 Å². The van der Waals surface area contributed by atoms with Gasteiger partial charge in [-0.1, -0.05) is 36.7 Å². The smallest absolute Gasteiger partial charge is 0.0273 e. The highest BCUT2D eigenvalue weighted by Gasteiger charge is 2.14. The lowest BCUT2D eigenvalue weighted by atomic mass is 9.91. The van der Waals surface area contributed by atoms with E-state index in [1.165, 1.54) is 0 Å². The normalized spacial score (nSPS) is 15.7. The van der Waals surface area contributed by atoms with Crippen molar-refractivity contribution in [3.05, 3.63) is 0 Å². The SMILES string of the molecule is CC(C)(C)CC(Br)CN. The van der Waals surface area contributed by atoms with E-state index in [1.807, 2.05) is 0 Å². The lowest BCUT2D eigenvalue weighted by Crippen LogP contribution is -2.20. The molecule has 0 aliphatic rings. The average molecular weight is 194 g/mol. The molecule has 1 nitrogen and oxygen atoms in total. The Morgan fingerprint density at radius 3 is 2.00 bits per heavy atom. The van der Waals surface area contributed by atoms with Gasteiger partial charge in [0.2, 0.25) is 0 Å². The van der Waals surface area contributed by atoms with Crippen LogP contribution in [0.5, 0.6) is 0 Å². The summed E-state index contributed by atoms with van der Waals surface area (Å²) in [6.07, 6.45) is 1.14. The van der Waals surface area contributed by atoms with Crippen molar-refractivity contribution in [2.24, 2.45) is 11.1 Å². The molecular formula is C7H16BrN. The highest BCUT2D eigenvalue weighted by molar-refractivity contribution is 9.09. The Kier molecular flexibility index (Phi) is 3.74. The van der Waals surface area contributed by atoms with E-state index in [0.29, 0.717) is 10.2 Å². The highest BCUT2D eigenvalue weighted by atomic mass is 79.9. The molecular weight excluding hydrogens is 178 g/mol. The van der Waals surface area contributed by atoms with Crippen molar-refractivity contribution in [1.29, 1.82) is 0 Å². The molecule has 0 saturated heterocycles. The van der Waals surface area contributed by atoms with Crippen LogP contribution < -0.4 is 5.73 Å². The van der Waals surface area contributed by atoms with Gasteiger partial charge in [0.1, 0.15) is 0 Å². The second-order valence-corrected chi connectivity index (χ2v) is 4.89. The van der Waals surface area contributed by atoms with Crippen molar-refractivity contribution < 1.29 is 0 Å². The van der Waals surface area contributed by atoms with E-state index in [4.69, 9.17) is 5.73 Å². The van der Waals surface area contributed by atoms with Crippen LogP contribution in [0, 0.1) is 5.41 Å². The Balaban J connectivity index is 3.47. The van der Waals surface area contributed by atoms with E-state index in [0.717, 1.165) is 13.0 Å². The highest BCUT2D eigenvalue weighted by Crippen LogP contribution is 2.23. The van der Waals surface area contributed by atoms with Gasteiger partial charge in [-0.3, -0.25) is 0 Å². The Morgan fingerprint density at radius 1 is 1.44 bits per heavy atom. The quantitative estimate of drug-likeness (QED) is 0.669. The van der Waals surface area contributed by atoms with Crippen LogP contribution in [-0.2, 0) is 0 Å². The van der Waals surface area contributed by atoms with Gasteiger partial charge >= 0.3 is 0 Å². The largest absolute Gasteiger partial charge is 0.329 e. The summed E-state index contributed by atoms with van der Waals surface area (Å²) in [6.45, 7) is 7.39. The molecule has 0 saturated carbocycles. The number of nitrogens with two attached hydrogens (primary N) is 1. The summed E-state index contributed by atoms with van der Waals surface area (Å²) < 4.78 is 0. The molecule has 0 fully saturated rings. The average Bonchev–Trinajstić information content (AvgIpc) is 1.62. The van der Waals surface area contributed by atoms with Gasteiger partial charge in [-0.2, -0.15) is 0 Å². The van der Waals surface area contributed by atoms with E-state index in [1.54, 1.807) is 0 Å². The third-order valence-electron chi connectivity index (χ3n) is 1.09. The zero-order valence-corrected chi connectivity index (χ0v) is 8.03. The fourth-order valence-electron chi connectivity index (χ4n) is 0.748. The maximum atomic E-state index is 5.43. The molecule has 0 radical (unpaired) electrons. The van der Waals surface area contributed by atoms with Crippen molar-refractivity contribution in [2.45, 2.75) is 32.0 Å². The van der Waals surface area contributed by atoms with Crippen LogP contribution in [-0.4, -0.2) is 11.4 Å². The molecule has 0 aliphatic carbocycles. The van der Waals surface area contributed by atoms with Crippen molar-refractivity contribution in [3.63, 3.8) is 0 Å². The van der Waals surface area contributed by atoms with Gasteiger partial charge in [0.15, 0.2) is 0 Å². The standard InChI is InChI=1S/C7H16BrN/c1-7(2,3)4-6(8)5-9/h6H,4-5,9H2,1-3H3. The minimum absolute atomic E-state index is 0.396. The molecule has 1 atom stereocenters. The van der Waals surface area contributed by atoms with Crippen molar-refractivity contribution in [1.82, 2.24) is 0 Å². The molecule has 0 heterocycles. The number of rotatable bonds is 2. The third kappa shape index (κ3) is 6.32. The fraction of sp³-hybridized carbons (Fsp3) is 1.00. The first-order valence-electron chi connectivity index (χ1n) is 3.30. The Hall–Kier alpha value is 0.440. The molecule has 0 bridgehead atoms. The van der Waals surface area contributed by atoms with Crippen LogP contribution in [0.3, 0.4) is 0 Å². The van der Waals surface area contributed by atoms with Gasteiger partial charge in [-0.15, -0.1) is 0 Å². The number of hydrogen-bond donors (Lipinski definition) is 1. The molecule has 0 amide bonds. The molecule has 0 rings (SSSR count). The van der Waals surface area contributed by atoms with Gasteiger partial charge in [0.25, 0.3) is 0 Å². The molecule has 0 aromatic heterocycles. The monoisotopic (exact) mass is 193 g/mol. The van der Waals surface area contributed by atoms with Gasteiger partial charge in [-0.05, 0) is 11.8 Å². The molecule has 0 aliphatic heterocycles. The molecule has 1 unspecified atom stereocenters. The van der Waals surface area contributed by atoms with Crippen molar-refractivity contribution in [3.8, 4) is 0 Å². The van der Waals surface area contributed by atoms with Crippen molar-refractivity contribution >= 4 is 15.9 Å². The molecule has 0 aromatic carbocycles. The first-order valence-corrected chi connectivity index (χ1v) is 4.21. The van der Waals surface area contributed by atoms with Crippen LogP contribution in [0.4, 0.5) is 0 Å². The summed E-state index contributed by atoms with van der Waals surface area (Å²) in [6, 6.07) is 0. The first kappa shape index (κ1) is 9.44. The Bertz CT molecular complexity index is 75.5. The van der Waals surface area contributed by atoms with Gasteiger partial charge < -0.3 is 5.73 Å². The predicted molar refractivity (Wildman–Crippen MR) is 45.8 cm³/mol. The minimum Gasteiger partial charge on any atom is -0.329 e. The van der Waals surface area contributed by atoms with Crippen LogP contribution in [0.1, 0.15) is 27.2 Å². The topological polar surface area (TPSA) is 26.0 Å². The second-order valence-electron chi connectivity index (χ2n) is 3.60. The maximum Gasteiger partial charge on any atom is 0.0273 e. The van der Waals surface area contributed by atoms with Gasteiger partial charge in [0, 0.05) is 11.4 Å². The summed E-state index contributed by atoms with van der Waals surface area (Å²) in [5.41, 5.74) is 5.83. The van der Waals surface area contributed by atoms with Gasteiger partial charge in [0.05, 0.1) is 0 Å². The molecule has 0 aromatic rings. The lowest BCUT2D eigenvalue weighted by Gasteiger charge is -2.20. The maximum absolute atomic E-state index is 5.43. The van der Waals surface area contributed by atoms with Crippen LogP contribution in [0.25, 0.3) is 0 Å². The molecule has 2 N–H and O–H groups in total. The summed E-state index contributed by atoms with van der Waals surface area (Å²) in [5, 5.41) is 0. The minimum atomic E-state index is 0.396. The summed E-state index contributed by atoms with van der Waals surface area (Å²) >= 11 is 3.49. The zero-order chi connectivity index (χ0) is 7.49. The molecule has 9 heavy (non-hydrogen) atoms. The summed E-state index contributed by atoms with van der Waals surface area (Å²) in [7, 11) is 0. The van der Waals surface area contributed by atoms with Crippen LogP contribution in [0.15, 0.2) is 0 Å². The molecule has 2 heteroatoms. The van der Waals surface area contributed by atoms with Crippen LogP contribution in [0.2, 0.25) is 0 Å². The van der Waals surface area contributed by atoms with E-state index in [-0.39, 0.29) is 0 Å². The fourth-order valence-corrected chi connectivity index (χ4v) is 1.72.